The summed E-state index contributed by atoms with van der Waals surface area (Å²) in [6.45, 7) is 2.12. The molecule has 9 heteroatoms. The topological polar surface area (TPSA) is 105 Å². The number of nitrogens with two attached hydrogens (primary N) is 1. The number of aliphatic hydroxyl groups is 1. The standard InChI is InChI=1S/C30H35F2N3O4/c1-3-20-5-4-6-22(11-20)17-34-18-28(36)27(14-23-12-24(31)16-25(32)13-23)35(19-29(33)37)30(38)15-21-7-9-26(39-2)10-8-21/h4-13,16,27-28,34,36H,3,14-15,17-19H2,1-2H3,(H2,33,37)/t27-,28+/m0/s1. The van der Waals surface area contributed by atoms with Crippen molar-refractivity contribution in [3.63, 3.8) is 0 Å². The van der Waals surface area contributed by atoms with Crippen LogP contribution in [0, 0.1) is 11.6 Å². The molecule has 3 rings (SSSR count). The van der Waals surface area contributed by atoms with Crippen LogP contribution in [0.2, 0.25) is 0 Å². The lowest BCUT2D eigenvalue weighted by Crippen LogP contribution is -2.54. The molecule has 0 saturated carbocycles. The molecule has 0 aliphatic rings. The van der Waals surface area contributed by atoms with Crippen molar-refractivity contribution < 1.29 is 28.2 Å². The van der Waals surface area contributed by atoms with Gasteiger partial charge in [0.15, 0.2) is 0 Å². The quantitative estimate of drug-likeness (QED) is 0.292. The Labute approximate surface area is 227 Å². The molecule has 0 heterocycles. The first-order valence-corrected chi connectivity index (χ1v) is 12.8. The van der Waals surface area contributed by atoms with Crippen LogP contribution < -0.4 is 15.8 Å². The fourth-order valence-corrected chi connectivity index (χ4v) is 4.46. The first kappa shape index (κ1) is 29.7. The number of carbonyl (C=O) groups excluding carboxylic acids is 2. The van der Waals surface area contributed by atoms with E-state index in [2.05, 4.69) is 18.3 Å². The number of halogens is 2. The lowest BCUT2D eigenvalue weighted by Gasteiger charge is -2.35. The summed E-state index contributed by atoms with van der Waals surface area (Å²) in [5.41, 5.74) is 8.58. The van der Waals surface area contributed by atoms with Gasteiger partial charge in [-0.15, -0.1) is 0 Å². The van der Waals surface area contributed by atoms with Crippen molar-refractivity contribution in [2.24, 2.45) is 5.73 Å². The first-order valence-electron chi connectivity index (χ1n) is 12.8. The summed E-state index contributed by atoms with van der Waals surface area (Å²) in [4.78, 5) is 26.6. The molecule has 0 bridgehead atoms. The molecule has 3 aromatic rings. The molecule has 0 fully saturated rings. The van der Waals surface area contributed by atoms with Crippen LogP contribution in [-0.2, 0) is 35.4 Å². The minimum atomic E-state index is -1.18. The minimum absolute atomic E-state index is 0.0594. The molecule has 0 saturated heterocycles. The van der Waals surface area contributed by atoms with Crippen molar-refractivity contribution >= 4 is 11.8 Å². The number of aryl methyl sites for hydroxylation is 1. The maximum atomic E-state index is 14.0. The maximum absolute atomic E-state index is 14.0. The van der Waals surface area contributed by atoms with Crippen LogP contribution in [0.1, 0.15) is 29.2 Å². The number of methoxy groups -OCH3 is 1. The van der Waals surface area contributed by atoms with Crippen LogP contribution in [0.3, 0.4) is 0 Å². The normalized spacial score (nSPS) is 12.5. The molecular formula is C30H35F2N3O4. The number of nitrogens with one attached hydrogen (secondary N) is 1. The second kappa shape index (κ2) is 14.4. The molecule has 39 heavy (non-hydrogen) atoms. The van der Waals surface area contributed by atoms with E-state index in [-0.39, 0.29) is 24.9 Å². The predicted molar refractivity (Wildman–Crippen MR) is 145 cm³/mol. The molecule has 0 spiro atoms. The zero-order valence-corrected chi connectivity index (χ0v) is 22.2. The summed E-state index contributed by atoms with van der Waals surface area (Å²) in [5.74, 6) is -2.17. The lowest BCUT2D eigenvalue weighted by molar-refractivity contribution is -0.139. The van der Waals surface area contributed by atoms with Crippen LogP contribution in [0.25, 0.3) is 0 Å². The van der Waals surface area contributed by atoms with E-state index in [0.29, 0.717) is 17.9 Å². The van der Waals surface area contributed by atoms with E-state index in [9.17, 15) is 23.5 Å². The number of nitrogens with zero attached hydrogens (tertiary/aromatic N) is 1. The molecule has 208 valence electrons. The third-order valence-electron chi connectivity index (χ3n) is 6.45. The highest BCUT2D eigenvalue weighted by Crippen LogP contribution is 2.19. The maximum Gasteiger partial charge on any atom is 0.237 e. The molecule has 0 aliphatic heterocycles. The highest BCUT2D eigenvalue weighted by atomic mass is 19.1. The first-order chi connectivity index (χ1) is 18.7. The van der Waals surface area contributed by atoms with Crippen molar-refractivity contribution in [2.75, 3.05) is 20.2 Å². The Morgan fingerprint density at radius 2 is 1.64 bits per heavy atom. The molecule has 0 aliphatic carbocycles. The zero-order valence-electron chi connectivity index (χ0n) is 22.2. The molecule has 0 unspecified atom stereocenters. The molecule has 0 aromatic heterocycles. The fraction of sp³-hybridized carbons (Fsp3) is 0.333. The zero-order chi connectivity index (χ0) is 28.4. The van der Waals surface area contributed by atoms with E-state index in [1.165, 1.54) is 17.6 Å². The van der Waals surface area contributed by atoms with Gasteiger partial charge in [0.25, 0.3) is 0 Å². The van der Waals surface area contributed by atoms with Crippen LogP contribution in [0.15, 0.2) is 66.7 Å². The number of aliphatic hydroxyl groups excluding tert-OH is 1. The minimum Gasteiger partial charge on any atom is -0.497 e. The molecule has 3 aromatic carbocycles. The van der Waals surface area contributed by atoms with Gasteiger partial charge in [0, 0.05) is 19.2 Å². The van der Waals surface area contributed by atoms with Crippen molar-refractivity contribution in [1.29, 1.82) is 0 Å². The van der Waals surface area contributed by atoms with E-state index in [1.54, 1.807) is 24.3 Å². The van der Waals surface area contributed by atoms with Crippen molar-refractivity contribution in [3.05, 3.63) is 101 Å². The van der Waals surface area contributed by atoms with Gasteiger partial charge in [-0.1, -0.05) is 43.3 Å². The Morgan fingerprint density at radius 3 is 2.26 bits per heavy atom. The monoisotopic (exact) mass is 539 g/mol. The summed E-state index contributed by atoms with van der Waals surface area (Å²) in [6.07, 6.45) is -0.453. The number of rotatable bonds is 14. The lowest BCUT2D eigenvalue weighted by atomic mass is 9.97. The number of ether oxygens (including phenoxy) is 1. The van der Waals surface area contributed by atoms with E-state index in [1.807, 2.05) is 18.2 Å². The summed E-state index contributed by atoms with van der Waals surface area (Å²) in [6, 6.07) is 16.9. The number of carbonyl (C=O) groups is 2. The Morgan fingerprint density at radius 1 is 0.974 bits per heavy atom. The smallest absolute Gasteiger partial charge is 0.237 e. The molecule has 7 nitrogen and oxygen atoms in total. The van der Waals surface area contributed by atoms with E-state index < -0.39 is 42.1 Å². The summed E-state index contributed by atoms with van der Waals surface area (Å²) < 4.78 is 33.1. The number of amides is 2. The Hall–Kier alpha value is -3.82. The van der Waals surface area contributed by atoms with Gasteiger partial charge < -0.3 is 25.8 Å². The van der Waals surface area contributed by atoms with Gasteiger partial charge in [-0.3, -0.25) is 9.59 Å². The van der Waals surface area contributed by atoms with Crippen molar-refractivity contribution in [2.45, 2.75) is 44.9 Å². The highest BCUT2D eigenvalue weighted by Gasteiger charge is 2.31. The van der Waals surface area contributed by atoms with Crippen LogP contribution in [0.5, 0.6) is 5.75 Å². The van der Waals surface area contributed by atoms with E-state index >= 15 is 0 Å². The summed E-state index contributed by atoms with van der Waals surface area (Å²) >= 11 is 0. The Kier molecular flexibility index (Phi) is 11.0. The van der Waals surface area contributed by atoms with Crippen molar-refractivity contribution in [1.82, 2.24) is 10.2 Å². The van der Waals surface area contributed by atoms with Gasteiger partial charge in [0.05, 0.1) is 32.2 Å². The van der Waals surface area contributed by atoms with Crippen LogP contribution in [0.4, 0.5) is 8.78 Å². The number of hydrogen-bond acceptors (Lipinski definition) is 5. The number of benzene rings is 3. The van der Waals surface area contributed by atoms with Crippen LogP contribution in [-0.4, -0.2) is 54.2 Å². The van der Waals surface area contributed by atoms with Gasteiger partial charge in [-0.05, 0) is 59.4 Å². The average Bonchev–Trinajstić information content (AvgIpc) is 2.90. The van der Waals surface area contributed by atoms with E-state index in [4.69, 9.17) is 10.5 Å². The third-order valence-corrected chi connectivity index (χ3v) is 6.45. The van der Waals surface area contributed by atoms with Gasteiger partial charge in [-0.2, -0.15) is 0 Å². The largest absolute Gasteiger partial charge is 0.497 e. The van der Waals surface area contributed by atoms with Crippen molar-refractivity contribution in [3.8, 4) is 5.75 Å². The molecule has 2 amide bonds. The third kappa shape index (κ3) is 9.15. The van der Waals surface area contributed by atoms with Crippen LogP contribution >= 0.6 is 0 Å². The van der Waals surface area contributed by atoms with Gasteiger partial charge >= 0.3 is 0 Å². The van der Waals surface area contributed by atoms with E-state index in [0.717, 1.165) is 30.2 Å². The summed E-state index contributed by atoms with van der Waals surface area (Å²) in [7, 11) is 1.53. The van der Waals surface area contributed by atoms with Gasteiger partial charge in [-0.25, -0.2) is 8.78 Å². The molecular weight excluding hydrogens is 504 g/mol. The second-order valence-corrected chi connectivity index (χ2v) is 9.43. The molecule has 0 radical (unpaired) electrons. The predicted octanol–water partition coefficient (Wildman–Crippen LogP) is 3.15. The fourth-order valence-electron chi connectivity index (χ4n) is 4.46. The summed E-state index contributed by atoms with van der Waals surface area (Å²) in [5, 5.41) is 14.4. The van der Waals surface area contributed by atoms with Gasteiger partial charge in [0.1, 0.15) is 17.4 Å². The average molecular weight is 540 g/mol. The number of primary amides is 1. The Bertz CT molecular complexity index is 1230. The van der Waals surface area contributed by atoms with Gasteiger partial charge in [0.2, 0.25) is 11.8 Å². The SMILES string of the molecule is CCc1cccc(CNC[C@@H](O)[C@H](Cc2cc(F)cc(F)c2)N(CC(N)=O)C(=O)Cc2ccc(OC)cc2)c1. The highest BCUT2D eigenvalue weighted by molar-refractivity contribution is 5.85. The molecule has 4 N–H and O–H groups in total. The second-order valence-electron chi connectivity index (χ2n) is 9.43. The molecule has 2 atom stereocenters. The Balaban J connectivity index is 1.84. The number of hydrogen-bond donors (Lipinski definition) is 3.